The van der Waals surface area contributed by atoms with E-state index in [2.05, 4.69) is 27.5 Å². The summed E-state index contributed by atoms with van der Waals surface area (Å²) in [4.78, 5) is 4.29. The minimum absolute atomic E-state index is 0.130. The summed E-state index contributed by atoms with van der Waals surface area (Å²) in [5, 5.41) is 12.2. The smallest absolute Gasteiger partial charge is 0.176 e. The maximum absolute atomic E-state index is 13.6. The van der Waals surface area contributed by atoms with Crippen molar-refractivity contribution < 1.29 is 9.13 Å². The number of allylic oxidation sites excluding steroid dienone is 4. The van der Waals surface area contributed by atoms with Gasteiger partial charge in [-0.1, -0.05) is 18.2 Å². The number of hydrogen-bond donors (Lipinski definition) is 1. The van der Waals surface area contributed by atoms with Gasteiger partial charge >= 0.3 is 0 Å². The highest BCUT2D eigenvalue weighted by Gasteiger charge is 2.35. The van der Waals surface area contributed by atoms with Crippen LogP contribution in [0.2, 0.25) is 0 Å². The molecule has 3 heterocycles. The van der Waals surface area contributed by atoms with Gasteiger partial charge in [-0.25, -0.2) is 14.1 Å². The molecule has 3 unspecified atom stereocenters. The highest BCUT2D eigenvalue weighted by molar-refractivity contribution is 5.64. The van der Waals surface area contributed by atoms with Crippen LogP contribution in [0, 0.1) is 18.8 Å². The average Bonchev–Trinajstić information content (AvgIpc) is 3.46. The number of methoxy groups -OCH3 is 1. The van der Waals surface area contributed by atoms with Crippen molar-refractivity contribution in [3.8, 4) is 11.4 Å². The molecule has 0 saturated heterocycles. The molecular weight excluding hydrogens is 395 g/mol. The van der Waals surface area contributed by atoms with Crippen molar-refractivity contribution >= 4 is 11.5 Å². The monoisotopic (exact) mass is 420 g/mol. The van der Waals surface area contributed by atoms with Gasteiger partial charge in [-0.05, 0) is 50.0 Å². The van der Waals surface area contributed by atoms with Crippen LogP contribution in [0.5, 0.6) is 5.75 Å². The predicted octanol–water partition coefficient (Wildman–Crippen LogP) is 4.69. The summed E-state index contributed by atoms with van der Waals surface area (Å²) in [6.07, 6.45) is 10.8. The lowest BCUT2D eigenvalue weighted by atomic mass is 9.83. The SMILES string of the molecule is COc1cc(Nc2nnn3c2CCC3C2C=CC(F)=CC2C)ccc1-n1cnc(C)c1. The number of fused-ring (bicyclic) bond motifs is 1. The van der Waals surface area contributed by atoms with Crippen LogP contribution in [-0.4, -0.2) is 31.7 Å². The number of benzene rings is 1. The molecule has 3 atom stereocenters. The van der Waals surface area contributed by atoms with E-state index in [1.54, 1.807) is 25.6 Å². The van der Waals surface area contributed by atoms with Crippen LogP contribution in [0.1, 0.15) is 30.8 Å². The zero-order valence-electron chi connectivity index (χ0n) is 17.8. The van der Waals surface area contributed by atoms with Crippen molar-refractivity contribution in [3.05, 3.63) is 66.2 Å². The topological polar surface area (TPSA) is 69.8 Å². The third-order valence-corrected chi connectivity index (χ3v) is 6.17. The summed E-state index contributed by atoms with van der Waals surface area (Å²) in [6, 6.07) is 6.12. The van der Waals surface area contributed by atoms with Crippen molar-refractivity contribution in [2.75, 3.05) is 12.4 Å². The molecule has 1 aromatic carbocycles. The van der Waals surface area contributed by atoms with Gasteiger partial charge in [-0.2, -0.15) is 0 Å². The Hall–Kier alpha value is -3.42. The summed E-state index contributed by atoms with van der Waals surface area (Å²) >= 11 is 0. The van der Waals surface area contributed by atoms with E-state index in [9.17, 15) is 4.39 Å². The lowest BCUT2D eigenvalue weighted by molar-refractivity contribution is 0.308. The lowest BCUT2D eigenvalue weighted by Gasteiger charge is -2.27. The van der Waals surface area contributed by atoms with Gasteiger partial charge in [-0.3, -0.25) is 0 Å². The number of anilines is 2. The minimum atomic E-state index is -0.161. The van der Waals surface area contributed by atoms with E-state index in [1.165, 1.54) is 0 Å². The van der Waals surface area contributed by atoms with Gasteiger partial charge in [0.25, 0.3) is 0 Å². The number of ether oxygens (including phenoxy) is 1. The first kappa shape index (κ1) is 19.5. The number of halogens is 1. The molecule has 0 amide bonds. The Kier molecular flexibility index (Phi) is 4.84. The zero-order chi connectivity index (χ0) is 21.5. The number of rotatable bonds is 5. The number of nitrogens with zero attached hydrogens (tertiary/aromatic N) is 5. The molecule has 31 heavy (non-hydrogen) atoms. The van der Waals surface area contributed by atoms with E-state index >= 15 is 0 Å². The van der Waals surface area contributed by atoms with Crippen LogP contribution in [-0.2, 0) is 6.42 Å². The lowest BCUT2D eigenvalue weighted by Crippen LogP contribution is -2.22. The Morgan fingerprint density at radius 3 is 2.90 bits per heavy atom. The quantitative estimate of drug-likeness (QED) is 0.649. The van der Waals surface area contributed by atoms with E-state index in [0.717, 1.165) is 47.2 Å². The first-order valence-electron chi connectivity index (χ1n) is 10.5. The minimum Gasteiger partial charge on any atom is -0.494 e. The van der Waals surface area contributed by atoms with Crippen molar-refractivity contribution in [1.82, 2.24) is 24.5 Å². The maximum atomic E-state index is 13.6. The second-order valence-corrected chi connectivity index (χ2v) is 8.22. The van der Waals surface area contributed by atoms with Crippen LogP contribution in [0.15, 0.2) is 54.8 Å². The normalized spacial score (nSPS) is 22.3. The van der Waals surface area contributed by atoms with Crippen molar-refractivity contribution in [2.45, 2.75) is 32.7 Å². The van der Waals surface area contributed by atoms with Gasteiger partial charge in [-0.15, -0.1) is 5.10 Å². The Morgan fingerprint density at radius 2 is 2.16 bits per heavy atom. The van der Waals surface area contributed by atoms with Crippen LogP contribution in [0.25, 0.3) is 5.69 Å². The van der Waals surface area contributed by atoms with Gasteiger partial charge in [0.1, 0.15) is 11.6 Å². The molecule has 5 rings (SSSR count). The molecule has 2 aromatic heterocycles. The number of nitrogens with one attached hydrogen (secondary N) is 1. The Bertz CT molecular complexity index is 1180. The second-order valence-electron chi connectivity index (χ2n) is 8.22. The number of aromatic nitrogens is 5. The molecule has 1 N–H and O–H groups in total. The van der Waals surface area contributed by atoms with E-state index in [4.69, 9.17) is 4.74 Å². The molecule has 0 fully saturated rings. The Morgan fingerprint density at radius 1 is 1.29 bits per heavy atom. The summed E-state index contributed by atoms with van der Waals surface area (Å²) < 4.78 is 23.1. The summed E-state index contributed by atoms with van der Waals surface area (Å²) in [5.41, 5.74) is 3.81. The highest BCUT2D eigenvalue weighted by atomic mass is 19.1. The van der Waals surface area contributed by atoms with Crippen LogP contribution in [0.3, 0.4) is 0 Å². The van der Waals surface area contributed by atoms with Crippen molar-refractivity contribution in [1.29, 1.82) is 0 Å². The molecule has 7 nitrogen and oxygen atoms in total. The first-order valence-corrected chi connectivity index (χ1v) is 10.5. The van der Waals surface area contributed by atoms with E-state index in [-0.39, 0.29) is 23.7 Å². The Balaban J connectivity index is 1.38. The molecular formula is C23H25FN6O. The molecule has 0 spiro atoms. The molecule has 160 valence electrons. The highest BCUT2D eigenvalue weighted by Crippen LogP contribution is 2.41. The molecule has 1 aliphatic carbocycles. The maximum Gasteiger partial charge on any atom is 0.176 e. The summed E-state index contributed by atoms with van der Waals surface area (Å²) in [5.74, 6) is 1.67. The summed E-state index contributed by atoms with van der Waals surface area (Å²) in [6.45, 7) is 4.01. The number of imidazole rings is 1. The fraction of sp³-hybridized carbons (Fsp3) is 0.348. The average molecular weight is 420 g/mol. The first-order chi connectivity index (χ1) is 15.0. The predicted molar refractivity (Wildman–Crippen MR) is 117 cm³/mol. The fourth-order valence-corrected chi connectivity index (χ4v) is 4.61. The fourth-order valence-electron chi connectivity index (χ4n) is 4.61. The van der Waals surface area contributed by atoms with Crippen LogP contribution >= 0.6 is 0 Å². The molecule has 0 bridgehead atoms. The zero-order valence-corrected chi connectivity index (χ0v) is 17.8. The van der Waals surface area contributed by atoms with Crippen LogP contribution in [0.4, 0.5) is 15.9 Å². The van der Waals surface area contributed by atoms with Gasteiger partial charge in [0, 0.05) is 23.9 Å². The molecule has 8 heteroatoms. The molecule has 3 aromatic rings. The second kappa shape index (κ2) is 7.68. The van der Waals surface area contributed by atoms with E-state index in [0.29, 0.717) is 0 Å². The third-order valence-electron chi connectivity index (χ3n) is 6.17. The number of hydrogen-bond acceptors (Lipinski definition) is 5. The third kappa shape index (κ3) is 3.52. The largest absolute Gasteiger partial charge is 0.494 e. The van der Waals surface area contributed by atoms with Gasteiger partial charge < -0.3 is 14.6 Å². The standard InChI is InChI=1S/C23H25FN6O/c1-14-10-16(24)4-6-18(14)19-8-9-21-23(27-28-30(19)21)26-17-5-7-20(22(11-17)31-3)29-12-15(2)25-13-29/h4-7,10-14,18-19,26H,8-9H2,1-3H3. The van der Waals surface area contributed by atoms with Gasteiger partial charge in [0.15, 0.2) is 5.82 Å². The number of aryl methyl sites for hydroxylation is 1. The molecule has 0 saturated carbocycles. The Labute approximate surface area is 180 Å². The van der Waals surface area contributed by atoms with Crippen molar-refractivity contribution in [2.24, 2.45) is 11.8 Å². The van der Waals surface area contributed by atoms with Crippen LogP contribution < -0.4 is 10.1 Å². The molecule has 0 radical (unpaired) electrons. The van der Waals surface area contributed by atoms with Gasteiger partial charge in [0.05, 0.1) is 36.6 Å². The van der Waals surface area contributed by atoms with Gasteiger partial charge in [0.2, 0.25) is 0 Å². The molecule has 1 aliphatic heterocycles. The van der Waals surface area contributed by atoms with Crippen molar-refractivity contribution in [3.63, 3.8) is 0 Å². The van der Waals surface area contributed by atoms with E-state index < -0.39 is 0 Å². The van der Waals surface area contributed by atoms with E-state index in [1.807, 2.05) is 46.6 Å². The summed E-state index contributed by atoms with van der Waals surface area (Å²) in [7, 11) is 1.66. The molecule has 2 aliphatic rings.